The summed E-state index contributed by atoms with van der Waals surface area (Å²) in [5, 5.41) is 7.99. The van der Waals surface area contributed by atoms with Gasteiger partial charge >= 0.3 is 5.97 Å². The van der Waals surface area contributed by atoms with Gasteiger partial charge in [-0.1, -0.05) is 0 Å². The highest BCUT2D eigenvalue weighted by Crippen LogP contribution is 2.16. The number of anilines is 1. The summed E-state index contributed by atoms with van der Waals surface area (Å²) in [5.74, 6) is 0.433. The summed E-state index contributed by atoms with van der Waals surface area (Å²) in [5.41, 5.74) is 0.271. The summed E-state index contributed by atoms with van der Waals surface area (Å²) in [6.45, 7) is 4.17. The molecule has 0 radical (unpaired) electrons. The Morgan fingerprint density at radius 1 is 1.29 bits per heavy atom. The second kappa shape index (κ2) is 5.61. The van der Waals surface area contributed by atoms with Crippen molar-refractivity contribution in [3.8, 4) is 0 Å². The first-order chi connectivity index (χ1) is 8.31. The van der Waals surface area contributed by atoms with E-state index in [2.05, 4.69) is 15.1 Å². The minimum atomic E-state index is -0.412. The lowest BCUT2D eigenvalue weighted by Crippen LogP contribution is -2.30. The van der Waals surface area contributed by atoms with Crippen LogP contribution in [0.1, 0.15) is 36.7 Å². The zero-order valence-electron chi connectivity index (χ0n) is 10.1. The SMILES string of the molecule is CCOC(=O)c1ccc(N2CCCCC2)nn1. The van der Waals surface area contributed by atoms with Gasteiger partial charge < -0.3 is 9.64 Å². The normalized spacial score (nSPS) is 15.7. The van der Waals surface area contributed by atoms with Crippen molar-refractivity contribution in [1.82, 2.24) is 10.2 Å². The fourth-order valence-corrected chi connectivity index (χ4v) is 1.93. The van der Waals surface area contributed by atoms with Crippen LogP contribution in [0.15, 0.2) is 12.1 Å². The molecule has 1 fully saturated rings. The first-order valence-electron chi connectivity index (χ1n) is 6.07. The Labute approximate surface area is 101 Å². The molecule has 0 saturated carbocycles. The number of carbonyl (C=O) groups excluding carboxylic acids is 1. The Bertz CT molecular complexity index is 372. The van der Waals surface area contributed by atoms with Crippen LogP contribution in [0, 0.1) is 0 Å². The summed E-state index contributed by atoms with van der Waals surface area (Å²) in [6.07, 6.45) is 3.67. The maximum Gasteiger partial charge on any atom is 0.358 e. The molecule has 1 aromatic heterocycles. The van der Waals surface area contributed by atoms with E-state index in [-0.39, 0.29) is 5.69 Å². The molecule has 2 rings (SSSR count). The molecule has 5 heteroatoms. The Kier molecular flexibility index (Phi) is 3.90. The number of carbonyl (C=O) groups is 1. The molecular weight excluding hydrogens is 218 g/mol. The molecule has 1 aliphatic rings. The third kappa shape index (κ3) is 2.93. The molecule has 0 aliphatic carbocycles. The number of hydrogen-bond donors (Lipinski definition) is 0. The van der Waals surface area contributed by atoms with Crippen LogP contribution in [0.5, 0.6) is 0 Å². The van der Waals surface area contributed by atoms with E-state index in [0.29, 0.717) is 6.61 Å². The van der Waals surface area contributed by atoms with Crippen LogP contribution >= 0.6 is 0 Å². The Balaban J connectivity index is 2.04. The van der Waals surface area contributed by atoms with Crippen molar-refractivity contribution in [2.75, 3.05) is 24.6 Å². The van der Waals surface area contributed by atoms with Gasteiger partial charge in [0.2, 0.25) is 0 Å². The summed E-state index contributed by atoms with van der Waals surface area (Å²) in [6, 6.07) is 3.51. The van der Waals surface area contributed by atoms with Gasteiger partial charge in [0.25, 0.3) is 0 Å². The van der Waals surface area contributed by atoms with Gasteiger partial charge in [0, 0.05) is 13.1 Å². The third-order valence-electron chi connectivity index (χ3n) is 2.82. The van der Waals surface area contributed by atoms with Crippen LogP contribution in [0.2, 0.25) is 0 Å². The molecule has 0 N–H and O–H groups in total. The average Bonchev–Trinajstić information content (AvgIpc) is 2.40. The number of hydrogen-bond acceptors (Lipinski definition) is 5. The van der Waals surface area contributed by atoms with E-state index >= 15 is 0 Å². The van der Waals surface area contributed by atoms with Crippen LogP contribution < -0.4 is 4.90 Å². The van der Waals surface area contributed by atoms with Crippen molar-refractivity contribution in [3.63, 3.8) is 0 Å². The smallest absolute Gasteiger partial charge is 0.358 e. The van der Waals surface area contributed by atoms with Crippen LogP contribution in [0.25, 0.3) is 0 Å². The second-order valence-electron chi connectivity index (χ2n) is 4.04. The Hall–Kier alpha value is -1.65. The van der Waals surface area contributed by atoms with Crippen LogP contribution in [-0.4, -0.2) is 35.9 Å². The molecule has 17 heavy (non-hydrogen) atoms. The van der Waals surface area contributed by atoms with Crippen LogP contribution in [0.4, 0.5) is 5.82 Å². The lowest BCUT2D eigenvalue weighted by atomic mass is 10.1. The quantitative estimate of drug-likeness (QED) is 0.745. The number of ether oxygens (including phenoxy) is 1. The third-order valence-corrected chi connectivity index (χ3v) is 2.82. The van der Waals surface area contributed by atoms with Gasteiger partial charge in [-0.05, 0) is 38.3 Å². The maximum absolute atomic E-state index is 11.4. The summed E-state index contributed by atoms with van der Waals surface area (Å²) in [4.78, 5) is 13.6. The van der Waals surface area contributed by atoms with Gasteiger partial charge in [0.05, 0.1) is 6.61 Å². The number of esters is 1. The van der Waals surface area contributed by atoms with E-state index in [9.17, 15) is 4.79 Å². The standard InChI is InChI=1S/C12H17N3O2/c1-2-17-12(16)10-6-7-11(14-13-10)15-8-4-3-5-9-15/h6-7H,2-5,8-9H2,1H3. The molecule has 92 valence electrons. The van der Waals surface area contributed by atoms with Gasteiger partial charge in [-0.15, -0.1) is 10.2 Å². The summed E-state index contributed by atoms with van der Waals surface area (Å²) < 4.78 is 4.86. The summed E-state index contributed by atoms with van der Waals surface area (Å²) in [7, 11) is 0. The molecule has 0 unspecified atom stereocenters. The second-order valence-corrected chi connectivity index (χ2v) is 4.04. The molecule has 1 aliphatic heterocycles. The minimum Gasteiger partial charge on any atom is -0.461 e. The van der Waals surface area contributed by atoms with Crippen molar-refractivity contribution in [2.45, 2.75) is 26.2 Å². The fourth-order valence-electron chi connectivity index (χ4n) is 1.93. The molecule has 2 heterocycles. The van der Waals surface area contributed by atoms with E-state index < -0.39 is 5.97 Å². The molecule has 0 spiro atoms. The van der Waals surface area contributed by atoms with Crippen molar-refractivity contribution in [1.29, 1.82) is 0 Å². The molecule has 5 nitrogen and oxygen atoms in total. The predicted octanol–water partition coefficient (Wildman–Crippen LogP) is 1.64. The van der Waals surface area contributed by atoms with Gasteiger partial charge in [0.15, 0.2) is 11.5 Å². The largest absolute Gasteiger partial charge is 0.461 e. The number of nitrogens with zero attached hydrogens (tertiary/aromatic N) is 3. The van der Waals surface area contributed by atoms with E-state index in [1.54, 1.807) is 13.0 Å². The molecule has 0 aromatic carbocycles. The van der Waals surface area contributed by atoms with Crippen LogP contribution in [-0.2, 0) is 4.74 Å². The van der Waals surface area contributed by atoms with E-state index in [4.69, 9.17) is 4.74 Å². The zero-order valence-corrected chi connectivity index (χ0v) is 10.1. The maximum atomic E-state index is 11.4. The predicted molar refractivity (Wildman–Crippen MR) is 64.1 cm³/mol. The molecule has 0 amide bonds. The zero-order chi connectivity index (χ0) is 12.1. The number of piperidine rings is 1. The first kappa shape index (κ1) is 11.8. The van der Waals surface area contributed by atoms with Crippen molar-refractivity contribution in [2.24, 2.45) is 0 Å². The molecule has 1 saturated heterocycles. The van der Waals surface area contributed by atoms with Crippen molar-refractivity contribution >= 4 is 11.8 Å². The summed E-state index contributed by atoms with van der Waals surface area (Å²) >= 11 is 0. The average molecular weight is 235 g/mol. The Morgan fingerprint density at radius 3 is 2.65 bits per heavy atom. The number of rotatable bonds is 3. The van der Waals surface area contributed by atoms with Crippen LogP contribution in [0.3, 0.4) is 0 Å². The highest BCUT2D eigenvalue weighted by molar-refractivity contribution is 5.87. The van der Waals surface area contributed by atoms with Gasteiger partial charge in [-0.25, -0.2) is 4.79 Å². The van der Waals surface area contributed by atoms with E-state index in [0.717, 1.165) is 18.9 Å². The first-order valence-corrected chi connectivity index (χ1v) is 6.07. The van der Waals surface area contributed by atoms with E-state index in [1.165, 1.54) is 19.3 Å². The lowest BCUT2D eigenvalue weighted by Gasteiger charge is -2.27. The highest BCUT2D eigenvalue weighted by atomic mass is 16.5. The molecule has 0 bridgehead atoms. The van der Waals surface area contributed by atoms with Gasteiger partial charge in [0.1, 0.15) is 0 Å². The molecule has 0 atom stereocenters. The lowest BCUT2D eigenvalue weighted by molar-refractivity contribution is 0.0518. The van der Waals surface area contributed by atoms with Gasteiger partial charge in [-0.3, -0.25) is 0 Å². The van der Waals surface area contributed by atoms with Gasteiger partial charge in [-0.2, -0.15) is 0 Å². The number of aromatic nitrogens is 2. The topological polar surface area (TPSA) is 55.3 Å². The highest BCUT2D eigenvalue weighted by Gasteiger charge is 2.14. The minimum absolute atomic E-state index is 0.271. The molecule has 1 aromatic rings. The van der Waals surface area contributed by atoms with E-state index in [1.807, 2.05) is 6.07 Å². The monoisotopic (exact) mass is 235 g/mol. The Morgan fingerprint density at radius 2 is 2.06 bits per heavy atom. The van der Waals surface area contributed by atoms with Crippen molar-refractivity contribution in [3.05, 3.63) is 17.8 Å². The fraction of sp³-hybridized carbons (Fsp3) is 0.583. The molecular formula is C12H17N3O2. The van der Waals surface area contributed by atoms with Crippen molar-refractivity contribution < 1.29 is 9.53 Å².